The van der Waals surface area contributed by atoms with Gasteiger partial charge >= 0.3 is 0 Å². The van der Waals surface area contributed by atoms with Gasteiger partial charge in [-0.15, -0.1) is 0 Å². The summed E-state index contributed by atoms with van der Waals surface area (Å²) < 4.78 is 18.9. The smallest absolute Gasteiger partial charge is 0.272 e. The highest BCUT2D eigenvalue weighted by Crippen LogP contribution is 2.27. The number of nitro benzene ring substituents is 1. The Labute approximate surface area is 134 Å². The van der Waals surface area contributed by atoms with Crippen LogP contribution in [0.3, 0.4) is 0 Å². The van der Waals surface area contributed by atoms with Crippen molar-refractivity contribution in [2.24, 2.45) is 5.92 Å². The van der Waals surface area contributed by atoms with Crippen LogP contribution in [0.15, 0.2) is 18.2 Å². The van der Waals surface area contributed by atoms with Crippen molar-refractivity contribution < 1.29 is 18.8 Å². The van der Waals surface area contributed by atoms with Gasteiger partial charge in [-0.05, 0) is 37.7 Å². The van der Waals surface area contributed by atoms with Crippen molar-refractivity contribution in [3.8, 4) is 5.75 Å². The molecule has 0 aliphatic heterocycles. The Bertz CT molecular complexity index is 585. The van der Waals surface area contributed by atoms with E-state index in [-0.39, 0.29) is 30.0 Å². The average molecular weight is 324 g/mol. The van der Waals surface area contributed by atoms with Crippen LogP contribution in [0.4, 0.5) is 10.1 Å². The monoisotopic (exact) mass is 324 g/mol. The van der Waals surface area contributed by atoms with E-state index >= 15 is 0 Å². The standard InChI is InChI=1S/C16H21FN2O4/c1-11-3-5-12(6-4-11)18(2)16(20)10-23-15-8-7-13(19(21)22)9-14(15)17/h7-9,11-12H,3-6,10H2,1-2H3. The summed E-state index contributed by atoms with van der Waals surface area (Å²) in [7, 11) is 1.73. The van der Waals surface area contributed by atoms with Gasteiger partial charge in [0, 0.05) is 19.2 Å². The highest BCUT2D eigenvalue weighted by atomic mass is 19.1. The first-order valence-electron chi connectivity index (χ1n) is 7.71. The molecule has 0 bridgehead atoms. The summed E-state index contributed by atoms with van der Waals surface area (Å²) in [5, 5.41) is 10.6. The zero-order chi connectivity index (χ0) is 17.0. The molecule has 1 amide bonds. The largest absolute Gasteiger partial charge is 0.481 e. The molecule has 0 atom stereocenters. The molecule has 0 aromatic heterocycles. The average Bonchev–Trinajstić information content (AvgIpc) is 2.53. The molecule has 1 saturated carbocycles. The Morgan fingerprint density at radius 3 is 2.61 bits per heavy atom. The molecule has 126 valence electrons. The predicted molar refractivity (Wildman–Crippen MR) is 82.7 cm³/mol. The molecule has 7 heteroatoms. The lowest BCUT2D eigenvalue weighted by Crippen LogP contribution is -2.41. The SMILES string of the molecule is CC1CCC(N(C)C(=O)COc2ccc([N+](=O)[O-])cc2F)CC1. The number of nitrogens with zero attached hydrogens (tertiary/aromatic N) is 2. The molecule has 1 fully saturated rings. The van der Waals surface area contributed by atoms with Crippen molar-refractivity contribution in [3.05, 3.63) is 34.1 Å². The van der Waals surface area contributed by atoms with Crippen molar-refractivity contribution in [1.29, 1.82) is 0 Å². The van der Waals surface area contributed by atoms with Gasteiger partial charge in [0.2, 0.25) is 0 Å². The third-order valence-electron chi connectivity index (χ3n) is 4.40. The summed E-state index contributed by atoms with van der Waals surface area (Å²) in [6.07, 6.45) is 4.13. The lowest BCUT2D eigenvalue weighted by Gasteiger charge is -2.33. The number of hydrogen-bond donors (Lipinski definition) is 0. The normalized spacial score (nSPS) is 20.8. The Kier molecular flexibility index (Phi) is 5.52. The molecule has 0 unspecified atom stereocenters. The van der Waals surface area contributed by atoms with Crippen LogP contribution in [0.25, 0.3) is 0 Å². The van der Waals surface area contributed by atoms with E-state index in [0.717, 1.165) is 37.8 Å². The highest BCUT2D eigenvalue weighted by Gasteiger charge is 2.25. The van der Waals surface area contributed by atoms with Crippen LogP contribution in [0.5, 0.6) is 5.75 Å². The molecule has 6 nitrogen and oxygen atoms in total. The highest BCUT2D eigenvalue weighted by molar-refractivity contribution is 5.77. The summed E-state index contributed by atoms with van der Waals surface area (Å²) in [6.45, 7) is 1.93. The van der Waals surface area contributed by atoms with Crippen LogP contribution in [-0.4, -0.2) is 35.4 Å². The molecule has 23 heavy (non-hydrogen) atoms. The quantitative estimate of drug-likeness (QED) is 0.616. The van der Waals surface area contributed by atoms with Crippen LogP contribution in [0, 0.1) is 21.8 Å². The molecule has 2 rings (SSSR count). The number of likely N-dealkylation sites (N-methyl/N-ethyl adjacent to an activating group) is 1. The Balaban J connectivity index is 1.90. The zero-order valence-electron chi connectivity index (χ0n) is 13.3. The molecular weight excluding hydrogens is 303 g/mol. The Morgan fingerprint density at radius 2 is 2.04 bits per heavy atom. The van der Waals surface area contributed by atoms with Crippen LogP contribution in [0.2, 0.25) is 0 Å². The maximum absolute atomic E-state index is 13.7. The first kappa shape index (κ1) is 17.2. The first-order valence-corrected chi connectivity index (χ1v) is 7.71. The molecule has 1 aromatic rings. The molecule has 1 aliphatic carbocycles. The number of nitro groups is 1. The van der Waals surface area contributed by atoms with Crippen LogP contribution >= 0.6 is 0 Å². The molecule has 0 N–H and O–H groups in total. The summed E-state index contributed by atoms with van der Waals surface area (Å²) in [6, 6.07) is 3.30. The van der Waals surface area contributed by atoms with Gasteiger partial charge in [-0.2, -0.15) is 0 Å². The number of rotatable bonds is 5. The number of carbonyl (C=O) groups is 1. The van der Waals surface area contributed by atoms with E-state index in [1.165, 1.54) is 6.07 Å². The second-order valence-corrected chi connectivity index (χ2v) is 6.08. The van der Waals surface area contributed by atoms with Gasteiger partial charge in [-0.1, -0.05) is 6.92 Å². The summed E-state index contributed by atoms with van der Waals surface area (Å²) in [4.78, 5) is 23.7. The number of benzene rings is 1. The summed E-state index contributed by atoms with van der Waals surface area (Å²) in [5.74, 6) is -0.529. The van der Waals surface area contributed by atoms with Crippen molar-refractivity contribution >= 4 is 11.6 Å². The minimum absolute atomic E-state index is 0.158. The number of hydrogen-bond acceptors (Lipinski definition) is 4. The number of non-ortho nitro benzene ring substituents is 1. The van der Waals surface area contributed by atoms with E-state index in [1.54, 1.807) is 11.9 Å². The lowest BCUT2D eigenvalue weighted by atomic mass is 9.87. The Hall–Kier alpha value is -2.18. The number of ether oxygens (including phenoxy) is 1. The molecule has 0 radical (unpaired) electrons. The number of carbonyl (C=O) groups excluding carboxylic acids is 1. The summed E-state index contributed by atoms with van der Waals surface area (Å²) >= 11 is 0. The van der Waals surface area contributed by atoms with Crippen LogP contribution in [0.1, 0.15) is 32.6 Å². The molecule has 0 heterocycles. The predicted octanol–water partition coefficient (Wildman–Crippen LogP) is 3.15. The van der Waals surface area contributed by atoms with E-state index in [0.29, 0.717) is 5.92 Å². The first-order chi connectivity index (χ1) is 10.9. The van der Waals surface area contributed by atoms with E-state index in [1.807, 2.05) is 0 Å². The minimum atomic E-state index is -0.846. The van der Waals surface area contributed by atoms with Gasteiger partial charge < -0.3 is 9.64 Å². The van der Waals surface area contributed by atoms with Crippen molar-refractivity contribution in [2.45, 2.75) is 38.6 Å². The van der Waals surface area contributed by atoms with Gasteiger partial charge in [0.25, 0.3) is 11.6 Å². The van der Waals surface area contributed by atoms with Gasteiger partial charge in [-0.25, -0.2) is 4.39 Å². The topological polar surface area (TPSA) is 72.7 Å². The molecule has 0 saturated heterocycles. The fraction of sp³-hybridized carbons (Fsp3) is 0.562. The fourth-order valence-corrected chi connectivity index (χ4v) is 2.80. The second kappa shape index (κ2) is 7.39. The Morgan fingerprint density at radius 1 is 1.39 bits per heavy atom. The third kappa shape index (κ3) is 4.40. The fourth-order valence-electron chi connectivity index (χ4n) is 2.80. The van der Waals surface area contributed by atoms with Gasteiger partial charge in [0.05, 0.1) is 11.0 Å². The number of halogens is 1. The van der Waals surface area contributed by atoms with E-state index in [4.69, 9.17) is 4.74 Å². The molecular formula is C16H21FN2O4. The van der Waals surface area contributed by atoms with Crippen molar-refractivity contribution in [2.75, 3.05) is 13.7 Å². The van der Waals surface area contributed by atoms with Gasteiger partial charge in [0.15, 0.2) is 18.2 Å². The van der Waals surface area contributed by atoms with E-state index < -0.39 is 10.7 Å². The molecule has 0 spiro atoms. The van der Waals surface area contributed by atoms with Crippen molar-refractivity contribution in [1.82, 2.24) is 4.90 Å². The van der Waals surface area contributed by atoms with E-state index in [9.17, 15) is 19.3 Å². The zero-order valence-corrected chi connectivity index (χ0v) is 13.3. The molecule has 1 aromatic carbocycles. The van der Waals surface area contributed by atoms with Crippen LogP contribution in [-0.2, 0) is 4.79 Å². The minimum Gasteiger partial charge on any atom is -0.481 e. The van der Waals surface area contributed by atoms with E-state index in [2.05, 4.69) is 6.92 Å². The molecule has 1 aliphatic rings. The second-order valence-electron chi connectivity index (χ2n) is 6.08. The van der Waals surface area contributed by atoms with Gasteiger partial charge in [-0.3, -0.25) is 14.9 Å². The number of amides is 1. The maximum atomic E-state index is 13.7. The van der Waals surface area contributed by atoms with Crippen molar-refractivity contribution in [3.63, 3.8) is 0 Å². The maximum Gasteiger partial charge on any atom is 0.272 e. The van der Waals surface area contributed by atoms with Crippen LogP contribution < -0.4 is 4.74 Å². The third-order valence-corrected chi connectivity index (χ3v) is 4.40. The summed E-state index contributed by atoms with van der Waals surface area (Å²) in [5.41, 5.74) is -0.352. The van der Waals surface area contributed by atoms with Gasteiger partial charge in [0.1, 0.15) is 0 Å². The lowest BCUT2D eigenvalue weighted by molar-refractivity contribution is -0.385.